The number of nitrogens with zero attached hydrogens (tertiary/aromatic N) is 2. The summed E-state index contributed by atoms with van der Waals surface area (Å²) < 4.78 is 0.490. The van der Waals surface area contributed by atoms with Gasteiger partial charge in [0.25, 0.3) is 5.69 Å². The number of benzene rings is 1. The number of amides is 1. The number of rotatable bonds is 3. The van der Waals surface area contributed by atoms with Gasteiger partial charge in [0.15, 0.2) is 5.92 Å². The van der Waals surface area contributed by atoms with Gasteiger partial charge < -0.3 is 5.73 Å². The van der Waals surface area contributed by atoms with Gasteiger partial charge in [-0.3, -0.25) is 14.9 Å². The van der Waals surface area contributed by atoms with Gasteiger partial charge in [0.1, 0.15) is 0 Å². The van der Waals surface area contributed by atoms with Crippen LogP contribution >= 0.6 is 15.9 Å². The molecule has 0 heterocycles. The van der Waals surface area contributed by atoms with Crippen molar-refractivity contribution >= 4 is 27.5 Å². The van der Waals surface area contributed by atoms with Crippen LogP contribution in [0.25, 0.3) is 0 Å². The van der Waals surface area contributed by atoms with Crippen LogP contribution < -0.4 is 5.73 Å². The van der Waals surface area contributed by atoms with Gasteiger partial charge in [-0.25, -0.2) is 0 Å². The summed E-state index contributed by atoms with van der Waals surface area (Å²) in [5, 5.41) is 19.5. The maximum atomic E-state index is 11.0. The Hall–Kier alpha value is -1.94. The Morgan fingerprint density at radius 3 is 2.69 bits per heavy atom. The van der Waals surface area contributed by atoms with Crippen LogP contribution in [0.5, 0.6) is 0 Å². The Kier molecular flexibility index (Phi) is 3.58. The van der Waals surface area contributed by atoms with Crippen molar-refractivity contribution in [2.24, 2.45) is 5.73 Å². The summed E-state index contributed by atoms with van der Waals surface area (Å²) in [6.07, 6.45) is 0. The van der Waals surface area contributed by atoms with E-state index in [1.54, 1.807) is 6.07 Å². The number of halogens is 1. The fraction of sp³-hybridized carbons (Fsp3) is 0.111. The average molecular weight is 284 g/mol. The van der Waals surface area contributed by atoms with Gasteiger partial charge in [-0.15, -0.1) is 0 Å². The van der Waals surface area contributed by atoms with Crippen molar-refractivity contribution in [1.82, 2.24) is 0 Å². The number of carbonyl (C=O) groups is 1. The first kappa shape index (κ1) is 12.1. The molecule has 1 atom stereocenters. The Morgan fingerprint density at radius 2 is 2.25 bits per heavy atom. The van der Waals surface area contributed by atoms with E-state index in [-0.39, 0.29) is 11.3 Å². The van der Waals surface area contributed by atoms with Crippen molar-refractivity contribution in [2.45, 2.75) is 5.92 Å². The van der Waals surface area contributed by atoms with E-state index in [4.69, 9.17) is 11.0 Å². The molecule has 0 spiro atoms. The minimum atomic E-state index is -1.31. The van der Waals surface area contributed by atoms with Crippen LogP contribution in [0.4, 0.5) is 5.69 Å². The molecule has 6 nitrogen and oxygen atoms in total. The molecule has 0 bridgehead atoms. The van der Waals surface area contributed by atoms with Crippen molar-refractivity contribution in [3.8, 4) is 6.07 Å². The minimum Gasteiger partial charge on any atom is -0.368 e. The lowest BCUT2D eigenvalue weighted by molar-refractivity contribution is -0.385. The summed E-state index contributed by atoms with van der Waals surface area (Å²) in [4.78, 5) is 21.0. The molecular formula is C9H6BrN3O3. The van der Waals surface area contributed by atoms with Gasteiger partial charge in [0.2, 0.25) is 5.91 Å². The summed E-state index contributed by atoms with van der Waals surface area (Å²) in [6.45, 7) is 0. The SMILES string of the molecule is N#CC(C(N)=O)c1ccc(Br)cc1[N+](=O)[O-]. The van der Waals surface area contributed by atoms with Crippen molar-refractivity contribution in [2.75, 3.05) is 0 Å². The fourth-order valence-electron chi connectivity index (χ4n) is 1.21. The molecule has 0 aliphatic carbocycles. The molecule has 1 amide bonds. The topological polar surface area (TPSA) is 110 Å². The Morgan fingerprint density at radius 1 is 1.62 bits per heavy atom. The van der Waals surface area contributed by atoms with Gasteiger partial charge in [-0.05, 0) is 12.1 Å². The van der Waals surface area contributed by atoms with Gasteiger partial charge in [0.05, 0.1) is 16.6 Å². The van der Waals surface area contributed by atoms with Gasteiger partial charge in [-0.2, -0.15) is 5.26 Å². The standard InChI is InChI=1S/C9H6BrN3O3/c10-5-1-2-6(7(4-11)9(12)14)8(3-5)13(15)16/h1-3,7H,(H2,12,14). The highest BCUT2D eigenvalue weighted by molar-refractivity contribution is 9.10. The number of nitro groups is 1. The van der Waals surface area contributed by atoms with Crippen LogP contribution in [0.3, 0.4) is 0 Å². The summed E-state index contributed by atoms with van der Waals surface area (Å²) in [5.74, 6) is -2.22. The molecule has 2 N–H and O–H groups in total. The normalized spacial score (nSPS) is 11.5. The second-order valence-corrected chi connectivity index (χ2v) is 3.84. The summed E-state index contributed by atoms with van der Waals surface area (Å²) in [7, 11) is 0. The van der Waals surface area contributed by atoms with Crippen molar-refractivity contribution in [3.63, 3.8) is 0 Å². The van der Waals surface area contributed by atoms with Crippen LogP contribution in [0, 0.1) is 21.4 Å². The van der Waals surface area contributed by atoms with Crippen molar-refractivity contribution in [3.05, 3.63) is 38.3 Å². The summed E-state index contributed by atoms with van der Waals surface area (Å²) >= 11 is 3.07. The van der Waals surface area contributed by atoms with E-state index in [1.165, 1.54) is 18.2 Å². The zero-order chi connectivity index (χ0) is 12.3. The fourth-order valence-corrected chi connectivity index (χ4v) is 1.55. The van der Waals surface area contributed by atoms with Gasteiger partial charge >= 0.3 is 0 Å². The molecule has 1 rings (SSSR count). The molecule has 1 aromatic rings. The van der Waals surface area contributed by atoms with Gasteiger partial charge in [0, 0.05) is 10.5 Å². The first-order valence-corrected chi connectivity index (χ1v) is 4.89. The third kappa shape index (κ3) is 2.35. The highest BCUT2D eigenvalue weighted by Gasteiger charge is 2.26. The first-order valence-electron chi connectivity index (χ1n) is 4.10. The lowest BCUT2D eigenvalue weighted by Crippen LogP contribution is -2.20. The van der Waals surface area contributed by atoms with Crippen LogP contribution in [0.2, 0.25) is 0 Å². The molecule has 0 radical (unpaired) electrons. The molecule has 0 fully saturated rings. The number of carbonyl (C=O) groups excluding carboxylic acids is 1. The summed E-state index contributed by atoms with van der Waals surface area (Å²) in [5.41, 5.74) is 4.69. The average Bonchev–Trinajstić information content (AvgIpc) is 2.20. The molecule has 7 heteroatoms. The Balaban J connectivity index is 3.38. The number of primary amides is 1. The number of nitro benzene ring substituents is 1. The van der Waals surface area contributed by atoms with Crippen LogP contribution in [0.1, 0.15) is 11.5 Å². The maximum absolute atomic E-state index is 11.0. The number of nitriles is 1. The molecule has 16 heavy (non-hydrogen) atoms. The zero-order valence-corrected chi connectivity index (χ0v) is 9.47. The molecule has 82 valence electrons. The third-order valence-electron chi connectivity index (χ3n) is 1.91. The molecule has 1 aromatic carbocycles. The predicted octanol–water partition coefficient (Wildman–Crippen LogP) is 1.45. The zero-order valence-electron chi connectivity index (χ0n) is 7.88. The molecule has 0 aliphatic heterocycles. The molecule has 0 aliphatic rings. The molecule has 0 aromatic heterocycles. The second kappa shape index (κ2) is 4.72. The van der Waals surface area contributed by atoms with Crippen molar-refractivity contribution < 1.29 is 9.72 Å². The first-order chi connectivity index (χ1) is 7.47. The molecule has 0 saturated carbocycles. The lowest BCUT2D eigenvalue weighted by atomic mass is 9.98. The van der Waals surface area contributed by atoms with E-state index in [0.29, 0.717) is 4.47 Å². The highest BCUT2D eigenvalue weighted by atomic mass is 79.9. The molecular weight excluding hydrogens is 278 g/mol. The Bertz CT molecular complexity index is 495. The van der Waals surface area contributed by atoms with E-state index < -0.39 is 16.7 Å². The maximum Gasteiger partial charge on any atom is 0.275 e. The second-order valence-electron chi connectivity index (χ2n) is 2.92. The van der Waals surface area contributed by atoms with E-state index in [2.05, 4.69) is 15.9 Å². The molecule has 1 unspecified atom stereocenters. The lowest BCUT2D eigenvalue weighted by Gasteiger charge is -2.06. The van der Waals surface area contributed by atoms with E-state index in [9.17, 15) is 14.9 Å². The number of hydrogen-bond acceptors (Lipinski definition) is 4. The number of hydrogen-bond donors (Lipinski definition) is 1. The quantitative estimate of drug-likeness (QED) is 0.668. The molecule has 0 saturated heterocycles. The minimum absolute atomic E-state index is 0.00296. The van der Waals surface area contributed by atoms with Crippen LogP contribution in [-0.4, -0.2) is 10.8 Å². The predicted molar refractivity (Wildman–Crippen MR) is 58.3 cm³/mol. The number of nitrogens with two attached hydrogens (primary N) is 1. The van der Waals surface area contributed by atoms with E-state index in [0.717, 1.165) is 0 Å². The Labute approximate surface area is 98.9 Å². The van der Waals surface area contributed by atoms with Crippen LogP contribution in [-0.2, 0) is 4.79 Å². The van der Waals surface area contributed by atoms with Crippen LogP contribution in [0.15, 0.2) is 22.7 Å². The smallest absolute Gasteiger partial charge is 0.275 e. The van der Waals surface area contributed by atoms with E-state index in [1.807, 2.05) is 0 Å². The van der Waals surface area contributed by atoms with Gasteiger partial charge in [-0.1, -0.05) is 15.9 Å². The van der Waals surface area contributed by atoms with Crippen molar-refractivity contribution in [1.29, 1.82) is 5.26 Å². The monoisotopic (exact) mass is 283 g/mol. The highest BCUT2D eigenvalue weighted by Crippen LogP contribution is 2.29. The largest absolute Gasteiger partial charge is 0.368 e. The van der Waals surface area contributed by atoms with E-state index >= 15 is 0 Å². The third-order valence-corrected chi connectivity index (χ3v) is 2.41. The summed E-state index contributed by atoms with van der Waals surface area (Å²) in [6, 6.07) is 5.71.